The lowest BCUT2D eigenvalue weighted by molar-refractivity contribution is 0.102. The van der Waals surface area contributed by atoms with Gasteiger partial charge in [0.25, 0.3) is 0 Å². The van der Waals surface area contributed by atoms with E-state index in [2.05, 4.69) is 13.8 Å². The molecule has 0 bridgehead atoms. The standard InChI is InChI=1S/C13H20N2O3S2/c1-7-5-15(6-8(7)2)13-12(20(4,17)18)10(14)11(19-13)9(3)16/h7-8H,5-6,14H2,1-4H3. The van der Waals surface area contributed by atoms with E-state index in [4.69, 9.17) is 5.73 Å². The molecule has 2 atom stereocenters. The summed E-state index contributed by atoms with van der Waals surface area (Å²) in [7, 11) is -3.46. The van der Waals surface area contributed by atoms with Gasteiger partial charge < -0.3 is 10.6 Å². The van der Waals surface area contributed by atoms with Crippen LogP contribution in [0.25, 0.3) is 0 Å². The lowest BCUT2D eigenvalue weighted by atomic mass is 10.0. The first-order chi connectivity index (χ1) is 9.12. The molecule has 2 N–H and O–H groups in total. The Morgan fingerprint density at radius 1 is 1.30 bits per heavy atom. The third-order valence-corrected chi connectivity index (χ3v) is 6.50. The monoisotopic (exact) mass is 316 g/mol. The molecule has 0 radical (unpaired) electrons. The van der Waals surface area contributed by atoms with Crippen molar-refractivity contribution in [3.05, 3.63) is 4.88 Å². The van der Waals surface area contributed by atoms with Crippen LogP contribution in [0.1, 0.15) is 30.4 Å². The van der Waals surface area contributed by atoms with E-state index in [0.29, 0.717) is 21.7 Å². The Morgan fingerprint density at radius 3 is 2.20 bits per heavy atom. The van der Waals surface area contributed by atoms with Crippen molar-refractivity contribution in [2.45, 2.75) is 25.7 Å². The van der Waals surface area contributed by atoms with Crippen LogP contribution in [0, 0.1) is 11.8 Å². The number of thiophene rings is 1. The molecule has 0 amide bonds. The number of carbonyl (C=O) groups excluding carboxylic acids is 1. The number of carbonyl (C=O) groups is 1. The summed E-state index contributed by atoms with van der Waals surface area (Å²) in [5.41, 5.74) is 6.02. The lowest BCUT2D eigenvalue weighted by Crippen LogP contribution is -2.20. The van der Waals surface area contributed by atoms with Gasteiger partial charge in [-0.15, -0.1) is 11.3 Å². The number of anilines is 2. The minimum absolute atomic E-state index is 0.104. The minimum Gasteiger partial charge on any atom is -0.396 e. The maximum atomic E-state index is 12.0. The van der Waals surface area contributed by atoms with Crippen molar-refractivity contribution in [2.75, 3.05) is 30.0 Å². The van der Waals surface area contributed by atoms with Crippen LogP contribution in [0.4, 0.5) is 10.7 Å². The summed E-state index contributed by atoms with van der Waals surface area (Å²) in [4.78, 5) is 14.1. The van der Waals surface area contributed by atoms with E-state index in [9.17, 15) is 13.2 Å². The van der Waals surface area contributed by atoms with Gasteiger partial charge in [-0.05, 0) is 11.8 Å². The summed E-state index contributed by atoms with van der Waals surface area (Å²) < 4.78 is 24.0. The molecule has 7 heteroatoms. The number of nitrogen functional groups attached to an aromatic ring is 1. The number of nitrogens with two attached hydrogens (primary N) is 1. The van der Waals surface area contributed by atoms with E-state index in [0.717, 1.165) is 19.3 Å². The second-order valence-electron chi connectivity index (χ2n) is 5.67. The maximum absolute atomic E-state index is 12.0. The smallest absolute Gasteiger partial charge is 0.180 e. The van der Waals surface area contributed by atoms with Crippen molar-refractivity contribution >= 4 is 37.6 Å². The molecule has 1 aromatic heterocycles. The number of sulfone groups is 1. The Labute approximate surface area is 123 Å². The van der Waals surface area contributed by atoms with Gasteiger partial charge in [-0.3, -0.25) is 4.79 Å². The highest BCUT2D eigenvalue weighted by Crippen LogP contribution is 2.44. The predicted molar refractivity (Wildman–Crippen MR) is 82.4 cm³/mol. The minimum atomic E-state index is -3.46. The number of hydrogen-bond donors (Lipinski definition) is 1. The summed E-state index contributed by atoms with van der Waals surface area (Å²) in [5, 5.41) is 0.617. The van der Waals surface area contributed by atoms with Crippen LogP contribution in [0.3, 0.4) is 0 Å². The van der Waals surface area contributed by atoms with Crippen molar-refractivity contribution in [2.24, 2.45) is 11.8 Å². The molecule has 1 aliphatic heterocycles. The Morgan fingerprint density at radius 2 is 1.80 bits per heavy atom. The molecule has 1 saturated heterocycles. The summed E-state index contributed by atoms with van der Waals surface area (Å²) in [6.45, 7) is 7.29. The zero-order chi connectivity index (χ0) is 15.2. The van der Waals surface area contributed by atoms with E-state index in [-0.39, 0.29) is 16.4 Å². The first kappa shape index (κ1) is 15.3. The predicted octanol–water partition coefficient (Wildman–Crippen LogP) is 2.03. The van der Waals surface area contributed by atoms with Crippen LogP contribution in [-0.2, 0) is 9.84 Å². The number of hydrogen-bond acceptors (Lipinski definition) is 6. The van der Waals surface area contributed by atoms with Gasteiger partial charge in [-0.25, -0.2) is 8.42 Å². The molecule has 0 spiro atoms. The number of nitrogens with zero attached hydrogens (tertiary/aromatic N) is 1. The van der Waals surface area contributed by atoms with Crippen molar-refractivity contribution in [3.8, 4) is 0 Å². The van der Waals surface area contributed by atoms with Crippen LogP contribution in [0.2, 0.25) is 0 Å². The van der Waals surface area contributed by atoms with Crippen LogP contribution >= 0.6 is 11.3 Å². The molecule has 0 saturated carbocycles. The molecule has 112 valence electrons. The molecule has 2 unspecified atom stereocenters. The van der Waals surface area contributed by atoms with Crippen molar-refractivity contribution in [3.63, 3.8) is 0 Å². The molecular formula is C13H20N2O3S2. The largest absolute Gasteiger partial charge is 0.396 e. The molecule has 2 heterocycles. The van der Waals surface area contributed by atoms with Gasteiger partial charge in [0.2, 0.25) is 0 Å². The van der Waals surface area contributed by atoms with E-state index >= 15 is 0 Å². The van der Waals surface area contributed by atoms with E-state index in [1.54, 1.807) is 0 Å². The van der Waals surface area contributed by atoms with Gasteiger partial charge >= 0.3 is 0 Å². The molecule has 1 fully saturated rings. The highest BCUT2D eigenvalue weighted by atomic mass is 32.2. The maximum Gasteiger partial charge on any atom is 0.180 e. The third-order valence-electron chi connectivity index (χ3n) is 3.85. The van der Waals surface area contributed by atoms with E-state index in [1.807, 2.05) is 4.90 Å². The summed E-state index contributed by atoms with van der Waals surface area (Å²) in [6.07, 6.45) is 1.14. The van der Waals surface area contributed by atoms with E-state index < -0.39 is 9.84 Å². The van der Waals surface area contributed by atoms with Gasteiger partial charge in [0.05, 0.1) is 10.6 Å². The molecule has 20 heavy (non-hydrogen) atoms. The zero-order valence-corrected chi connectivity index (χ0v) is 13.8. The Balaban J connectivity index is 2.58. The average molecular weight is 316 g/mol. The molecular weight excluding hydrogens is 296 g/mol. The normalized spacial score (nSPS) is 23.3. The van der Waals surface area contributed by atoms with Gasteiger partial charge in [-0.2, -0.15) is 0 Å². The van der Waals surface area contributed by atoms with Crippen LogP contribution in [-0.4, -0.2) is 33.5 Å². The lowest BCUT2D eigenvalue weighted by Gasteiger charge is -2.17. The zero-order valence-electron chi connectivity index (χ0n) is 12.1. The highest BCUT2D eigenvalue weighted by molar-refractivity contribution is 7.91. The summed E-state index contributed by atoms with van der Waals surface area (Å²) in [6, 6.07) is 0. The average Bonchev–Trinajstić information content (AvgIpc) is 2.79. The van der Waals surface area contributed by atoms with Crippen LogP contribution < -0.4 is 10.6 Å². The first-order valence-corrected chi connectivity index (χ1v) is 9.22. The fraction of sp³-hybridized carbons (Fsp3) is 0.615. The molecule has 0 aromatic carbocycles. The van der Waals surface area contributed by atoms with Gasteiger partial charge in [-0.1, -0.05) is 13.8 Å². The van der Waals surface area contributed by atoms with Crippen molar-refractivity contribution in [1.29, 1.82) is 0 Å². The number of ketones is 1. The number of rotatable bonds is 3. The SMILES string of the molecule is CC(=O)c1sc(N2CC(C)C(C)C2)c(S(C)(=O)=O)c1N. The topological polar surface area (TPSA) is 80.5 Å². The highest BCUT2D eigenvalue weighted by Gasteiger charge is 2.33. The van der Waals surface area contributed by atoms with Crippen LogP contribution in [0.5, 0.6) is 0 Å². The molecule has 5 nitrogen and oxygen atoms in total. The van der Waals surface area contributed by atoms with Crippen LogP contribution in [0.15, 0.2) is 4.90 Å². The molecule has 1 aliphatic rings. The van der Waals surface area contributed by atoms with Crippen molar-refractivity contribution < 1.29 is 13.2 Å². The fourth-order valence-electron chi connectivity index (χ4n) is 2.54. The summed E-state index contributed by atoms with van der Waals surface area (Å²) >= 11 is 1.19. The van der Waals surface area contributed by atoms with Gasteiger partial charge in [0.15, 0.2) is 15.6 Å². The van der Waals surface area contributed by atoms with E-state index in [1.165, 1.54) is 18.3 Å². The first-order valence-electron chi connectivity index (χ1n) is 6.51. The molecule has 0 aliphatic carbocycles. The second-order valence-corrected chi connectivity index (χ2v) is 8.62. The Hall–Kier alpha value is -1.08. The molecule has 1 aromatic rings. The third kappa shape index (κ3) is 2.56. The Kier molecular flexibility index (Phi) is 3.85. The van der Waals surface area contributed by atoms with Gasteiger partial charge in [0, 0.05) is 26.3 Å². The molecule has 2 rings (SSSR count). The summed E-state index contributed by atoms with van der Waals surface area (Å²) in [5.74, 6) is 0.793. The van der Waals surface area contributed by atoms with Gasteiger partial charge in [0.1, 0.15) is 9.90 Å². The fourth-order valence-corrected chi connectivity index (χ4v) is 5.16. The second kappa shape index (κ2) is 5.04. The van der Waals surface area contributed by atoms with Crippen molar-refractivity contribution in [1.82, 2.24) is 0 Å². The number of Topliss-reactive ketones (excluding diaryl/α,β-unsaturated/α-hetero) is 1. The Bertz CT molecular complexity index is 639. The quantitative estimate of drug-likeness (QED) is 0.863.